The third-order valence-corrected chi connectivity index (χ3v) is 5.56. The molecule has 1 aliphatic rings. The summed E-state index contributed by atoms with van der Waals surface area (Å²) in [6, 6.07) is 4.28. The Hall–Kier alpha value is -3.01. The zero-order valence-corrected chi connectivity index (χ0v) is 17.7. The summed E-state index contributed by atoms with van der Waals surface area (Å²) in [5, 5.41) is 0.590. The first-order valence-corrected chi connectivity index (χ1v) is 10.2. The van der Waals surface area contributed by atoms with Crippen LogP contribution in [0.1, 0.15) is 38.6 Å². The highest BCUT2D eigenvalue weighted by Crippen LogP contribution is 2.37. The molecule has 0 radical (unpaired) electrons. The molecule has 3 aromatic rings. The molecule has 1 atom stereocenters. The van der Waals surface area contributed by atoms with Crippen LogP contribution >= 0.6 is 0 Å². The average molecular weight is 449 g/mol. The molecule has 2 N–H and O–H groups in total. The third kappa shape index (κ3) is 4.32. The van der Waals surface area contributed by atoms with E-state index >= 15 is 0 Å². The van der Waals surface area contributed by atoms with Crippen LogP contribution < -0.4 is 5.73 Å². The van der Waals surface area contributed by atoms with Crippen LogP contribution in [0.25, 0.3) is 21.9 Å². The Morgan fingerprint density at radius 1 is 1.34 bits per heavy atom. The number of nitrogens with two attached hydrogens (primary N) is 1. The topological polar surface area (TPSA) is 78.3 Å². The Morgan fingerprint density at radius 2 is 2.12 bits per heavy atom. The lowest BCUT2D eigenvalue weighted by Gasteiger charge is -2.37. The Kier molecular flexibility index (Phi) is 5.66. The van der Waals surface area contributed by atoms with Gasteiger partial charge in [-0.25, -0.2) is 9.37 Å². The second-order valence-corrected chi connectivity index (χ2v) is 8.40. The van der Waals surface area contributed by atoms with Gasteiger partial charge < -0.3 is 15.0 Å². The zero-order valence-electron chi connectivity index (χ0n) is 17.7. The van der Waals surface area contributed by atoms with E-state index in [2.05, 4.69) is 15.0 Å². The maximum Gasteiger partial charge on any atom is 0.419 e. The molecule has 170 valence electrons. The summed E-state index contributed by atoms with van der Waals surface area (Å²) >= 11 is 0. The molecule has 1 aromatic carbocycles. The number of nitrogens with zero attached hydrogens (tertiary/aromatic N) is 4. The Bertz CT molecular complexity index is 1210. The van der Waals surface area contributed by atoms with Crippen molar-refractivity contribution in [3.05, 3.63) is 47.8 Å². The highest BCUT2D eigenvalue weighted by Gasteiger charge is 2.33. The van der Waals surface area contributed by atoms with E-state index in [1.165, 1.54) is 12.1 Å². The number of allylic oxidation sites excluding steroid dienone is 1. The molecule has 0 bridgehead atoms. The number of aliphatic imine (C=N–C) groups is 1. The lowest BCUT2D eigenvalue weighted by atomic mass is 9.93. The van der Waals surface area contributed by atoms with E-state index in [1.54, 1.807) is 12.3 Å². The second kappa shape index (κ2) is 8.16. The fraction of sp³-hybridized carbons (Fsp3) is 0.409. The molecule has 1 unspecified atom stereocenters. The predicted molar refractivity (Wildman–Crippen MR) is 114 cm³/mol. The molecular formula is C22H23F4N5O. The van der Waals surface area contributed by atoms with Gasteiger partial charge in [0.15, 0.2) is 0 Å². The minimum Gasteiger partial charge on any atom is -0.404 e. The van der Waals surface area contributed by atoms with Crippen molar-refractivity contribution in [2.75, 3.05) is 6.61 Å². The smallest absolute Gasteiger partial charge is 0.404 e. The maximum atomic E-state index is 14.1. The molecular weight excluding hydrogens is 426 g/mol. The largest absolute Gasteiger partial charge is 0.419 e. The van der Waals surface area contributed by atoms with Crippen molar-refractivity contribution >= 4 is 28.2 Å². The van der Waals surface area contributed by atoms with E-state index in [0.29, 0.717) is 59.6 Å². The van der Waals surface area contributed by atoms with Crippen molar-refractivity contribution in [2.24, 2.45) is 10.7 Å². The molecule has 0 saturated carbocycles. The monoisotopic (exact) mass is 449 g/mol. The fourth-order valence-electron chi connectivity index (χ4n) is 4.16. The number of imidazole rings is 1. The quantitative estimate of drug-likeness (QED) is 0.457. The van der Waals surface area contributed by atoms with Gasteiger partial charge in [-0.15, -0.1) is 0 Å². The normalized spacial score (nSPS) is 19.9. The van der Waals surface area contributed by atoms with Crippen molar-refractivity contribution in [1.29, 1.82) is 0 Å². The van der Waals surface area contributed by atoms with Crippen LogP contribution in [0.3, 0.4) is 0 Å². The molecule has 0 amide bonds. The van der Waals surface area contributed by atoms with Crippen molar-refractivity contribution in [1.82, 2.24) is 14.5 Å². The molecule has 10 heteroatoms. The van der Waals surface area contributed by atoms with Gasteiger partial charge in [-0.05, 0) is 44.9 Å². The van der Waals surface area contributed by atoms with Crippen molar-refractivity contribution < 1.29 is 22.3 Å². The van der Waals surface area contributed by atoms with E-state index in [-0.39, 0.29) is 18.2 Å². The molecule has 2 aromatic heterocycles. The summed E-state index contributed by atoms with van der Waals surface area (Å²) in [5.74, 6) is 0.0605. The fourth-order valence-corrected chi connectivity index (χ4v) is 4.16. The summed E-state index contributed by atoms with van der Waals surface area (Å²) < 4.78 is 60.8. The zero-order chi connectivity index (χ0) is 23.1. The number of benzene rings is 1. The van der Waals surface area contributed by atoms with Gasteiger partial charge >= 0.3 is 6.18 Å². The molecule has 1 fully saturated rings. The standard InChI is InChI=1S/C22H23F4N5O/c1-21(2)8-15(5-6-32-21)31-19(12-28-10-13(9-27)22(24,25)26)30-18-11-29-17-4-3-14(23)7-16(17)20(18)31/h3-4,7,9-11,15H,5-6,8,12,27H2,1-2H3. The van der Waals surface area contributed by atoms with Gasteiger partial charge in [-0.3, -0.25) is 9.98 Å². The van der Waals surface area contributed by atoms with Gasteiger partial charge in [-0.1, -0.05) is 0 Å². The molecule has 4 rings (SSSR count). The molecule has 0 spiro atoms. The summed E-state index contributed by atoms with van der Waals surface area (Å²) in [5.41, 5.74) is 5.49. The van der Waals surface area contributed by atoms with Gasteiger partial charge in [0.1, 0.15) is 17.2 Å². The van der Waals surface area contributed by atoms with Crippen LogP contribution in [-0.4, -0.2) is 39.1 Å². The van der Waals surface area contributed by atoms with Gasteiger partial charge in [0, 0.05) is 30.4 Å². The highest BCUT2D eigenvalue weighted by molar-refractivity contribution is 6.02. The third-order valence-electron chi connectivity index (χ3n) is 5.56. The van der Waals surface area contributed by atoms with Gasteiger partial charge in [-0.2, -0.15) is 13.2 Å². The maximum absolute atomic E-state index is 14.1. The lowest BCUT2D eigenvalue weighted by Crippen LogP contribution is -2.35. The van der Waals surface area contributed by atoms with Crippen LogP contribution in [0.4, 0.5) is 17.6 Å². The first-order chi connectivity index (χ1) is 15.1. The summed E-state index contributed by atoms with van der Waals surface area (Å²) in [6.45, 7) is 4.39. The number of alkyl halides is 3. The molecule has 3 heterocycles. The van der Waals surface area contributed by atoms with Gasteiger partial charge in [0.05, 0.1) is 34.9 Å². The lowest BCUT2D eigenvalue weighted by molar-refractivity contribution is -0.0858. The Balaban J connectivity index is 1.85. The van der Waals surface area contributed by atoms with Gasteiger partial charge in [0.2, 0.25) is 0 Å². The van der Waals surface area contributed by atoms with Crippen molar-refractivity contribution in [2.45, 2.75) is 51.1 Å². The summed E-state index contributed by atoms with van der Waals surface area (Å²) in [6.07, 6.45) is -0.487. The molecule has 6 nitrogen and oxygen atoms in total. The van der Waals surface area contributed by atoms with Gasteiger partial charge in [0.25, 0.3) is 0 Å². The van der Waals surface area contributed by atoms with Crippen LogP contribution in [0.15, 0.2) is 41.2 Å². The van der Waals surface area contributed by atoms with Crippen LogP contribution in [0.2, 0.25) is 0 Å². The van der Waals surface area contributed by atoms with E-state index in [9.17, 15) is 17.6 Å². The van der Waals surface area contributed by atoms with Crippen molar-refractivity contribution in [3.8, 4) is 0 Å². The minimum atomic E-state index is -4.60. The van der Waals surface area contributed by atoms with E-state index in [1.807, 2.05) is 18.4 Å². The number of rotatable bonds is 4. The average Bonchev–Trinajstić information content (AvgIpc) is 3.08. The number of aromatic nitrogens is 3. The SMILES string of the molecule is CC1(C)CC(n2c(CN=CC(=CN)C(F)(F)F)nc3cnc4ccc(F)cc4c32)CCO1. The van der Waals surface area contributed by atoms with Crippen LogP contribution in [0.5, 0.6) is 0 Å². The molecule has 1 aliphatic heterocycles. The number of pyridine rings is 1. The first-order valence-electron chi connectivity index (χ1n) is 10.2. The highest BCUT2D eigenvalue weighted by atomic mass is 19.4. The Morgan fingerprint density at radius 3 is 2.81 bits per heavy atom. The predicted octanol–water partition coefficient (Wildman–Crippen LogP) is 4.83. The number of fused-ring (bicyclic) bond motifs is 3. The first kappa shape index (κ1) is 22.2. The molecule has 0 aliphatic carbocycles. The van der Waals surface area contributed by atoms with Crippen LogP contribution in [-0.2, 0) is 11.3 Å². The second-order valence-electron chi connectivity index (χ2n) is 8.40. The summed E-state index contributed by atoms with van der Waals surface area (Å²) in [4.78, 5) is 12.9. The molecule has 32 heavy (non-hydrogen) atoms. The Labute approximate surface area is 181 Å². The number of hydrogen-bond donors (Lipinski definition) is 1. The molecule has 1 saturated heterocycles. The van der Waals surface area contributed by atoms with E-state index < -0.39 is 17.6 Å². The van der Waals surface area contributed by atoms with Crippen LogP contribution in [0, 0.1) is 5.82 Å². The number of halogens is 4. The minimum absolute atomic E-state index is 0.0463. The number of ether oxygens (including phenoxy) is 1. The van der Waals surface area contributed by atoms with E-state index in [4.69, 9.17) is 10.5 Å². The number of hydrogen-bond acceptors (Lipinski definition) is 5. The van der Waals surface area contributed by atoms with E-state index in [0.717, 1.165) is 0 Å². The summed E-state index contributed by atoms with van der Waals surface area (Å²) in [7, 11) is 0. The van der Waals surface area contributed by atoms with Crippen molar-refractivity contribution in [3.63, 3.8) is 0 Å².